The zero-order valence-electron chi connectivity index (χ0n) is 13.2. The maximum Gasteiger partial charge on any atom is 0.275 e. The van der Waals surface area contributed by atoms with Crippen LogP contribution < -0.4 is 15.8 Å². The van der Waals surface area contributed by atoms with Crippen LogP contribution in [0.2, 0.25) is 10.0 Å². The number of primary sulfonamides is 1. The van der Waals surface area contributed by atoms with Gasteiger partial charge in [0.05, 0.1) is 4.90 Å². The average molecular weight is 403 g/mol. The number of sulfonamides is 1. The first-order valence-corrected chi connectivity index (χ1v) is 9.70. The Bertz CT molecular complexity index is 855. The first-order valence-electron chi connectivity index (χ1n) is 7.40. The van der Waals surface area contributed by atoms with Gasteiger partial charge in [0.2, 0.25) is 10.0 Å². The molecule has 5 N–H and O–H groups in total. The van der Waals surface area contributed by atoms with Crippen molar-refractivity contribution in [3.05, 3.63) is 63.6 Å². The highest BCUT2D eigenvalue weighted by molar-refractivity contribution is 7.89. The number of nitrogens with one attached hydrogen (secondary N) is 1. The van der Waals surface area contributed by atoms with Crippen molar-refractivity contribution in [3.63, 3.8) is 0 Å². The van der Waals surface area contributed by atoms with Crippen molar-refractivity contribution in [2.45, 2.75) is 18.0 Å². The Kier molecular flexibility index (Phi) is 6.80. The molecule has 6 nitrogen and oxygen atoms in total. The van der Waals surface area contributed by atoms with E-state index in [1.165, 1.54) is 12.1 Å². The zero-order valence-corrected chi connectivity index (χ0v) is 15.5. The van der Waals surface area contributed by atoms with Gasteiger partial charge in [-0.3, -0.25) is 4.79 Å². The van der Waals surface area contributed by atoms with Crippen molar-refractivity contribution < 1.29 is 18.5 Å². The van der Waals surface area contributed by atoms with Gasteiger partial charge in [-0.1, -0.05) is 41.4 Å². The van der Waals surface area contributed by atoms with Crippen LogP contribution in [-0.2, 0) is 27.9 Å². The van der Waals surface area contributed by atoms with Gasteiger partial charge in [-0.2, -0.15) is 0 Å². The third kappa shape index (κ3) is 6.30. The van der Waals surface area contributed by atoms with Crippen molar-refractivity contribution in [1.82, 2.24) is 5.32 Å². The highest BCUT2D eigenvalue weighted by Gasteiger charge is 2.09. The second kappa shape index (κ2) is 8.64. The summed E-state index contributed by atoms with van der Waals surface area (Å²) in [4.78, 5) is 11.9. The Morgan fingerprint density at radius 3 is 2.40 bits per heavy atom. The Morgan fingerprint density at radius 2 is 1.80 bits per heavy atom. The lowest BCUT2D eigenvalue weighted by molar-refractivity contribution is -0.660. The molecule has 25 heavy (non-hydrogen) atoms. The maximum absolute atomic E-state index is 11.9. The minimum atomic E-state index is -3.69. The van der Waals surface area contributed by atoms with E-state index in [4.69, 9.17) is 28.3 Å². The van der Waals surface area contributed by atoms with Gasteiger partial charge in [-0.05, 0) is 29.8 Å². The van der Waals surface area contributed by atoms with E-state index in [0.717, 1.165) is 11.1 Å². The summed E-state index contributed by atoms with van der Waals surface area (Å²) in [6.07, 6.45) is 0. The number of amides is 1. The van der Waals surface area contributed by atoms with Crippen molar-refractivity contribution in [2.24, 2.45) is 5.14 Å². The molecule has 0 aromatic heterocycles. The van der Waals surface area contributed by atoms with Crippen molar-refractivity contribution in [1.29, 1.82) is 0 Å². The van der Waals surface area contributed by atoms with E-state index >= 15 is 0 Å². The Labute approximate surface area is 156 Å². The van der Waals surface area contributed by atoms with Gasteiger partial charge in [-0.15, -0.1) is 0 Å². The van der Waals surface area contributed by atoms with E-state index in [9.17, 15) is 13.2 Å². The van der Waals surface area contributed by atoms with Gasteiger partial charge in [0.25, 0.3) is 5.91 Å². The number of nitrogens with two attached hydrogens (primary N) is 2. The molecule has 0 fully saturated rings. The summed E-state index contributed by atoms with van der Waals surface area (Å²) in [6.45, 7) is 1.11. The number of hydrogen-bond acceptors (Lipinski definition) is 3. The van der Waals surface area contributed by atoms with E-state index in [1.54, 1.807) is 30.3 Å². The van der Waals surface area contributed by atoms with E-state index in [2.05, 4.69) is 5.32 Å². The molecule has 2 aromatic carbocycles. The molecule has 0 saturated carbocycles. The third-order valence-corrected chi connectivity index (χ3v) is 4.97. The van der Waals surface area contributed by atoms with E-state index in [1.807, 2.05) is 5.32 Å². The highest BCUT2D eigenvalue weighted by atomic mass is 35.5. The summed E-state index contributed by atoms with van der Waals surface area (Å²) in [6, 6.07) is 11.3. The van der Waals surface area contributed by atoms with Crippen LogP contribution in [0.25, 0.3) is 0 Å². The summed E-state index contributed by atoms with van der Waals surface area (Å²) in [5, 5.41) is 10.7. The number of halogens is 2. The van der Waals surface area contributed by atoms with Gasteiger partial charge in [0, 0.05) is 22.2 Å². The average Bonchev–Trinajstić information content (AvgIpc) is 2.53. The number of carbonyl (C=O) groups is 1. The molecule has 0 aliphatic heterocycles. The zero-order chi connectivity index (χ0) is 18.4. The van der Waals surface area contributed by atoms with E-state index < -0.39 is 10.0 Å². The van der Waals surface area contributed by atoms with Crippen LogP contribution in [0.4, 0.5) is 0 Å². The monoisotopic (exact) mass is 402 g/mol. The Balaban J connectivity index is 1.77. The molecule has 2 aromatic rings. The number of benzene rings is 2. The normalized spacial score (nSPS) is 11.3. The molecule has 0 radical (unpaired) electrons. The third-order valence-electron chi connectivity index (χ3n) is 3.45. The second-order valence-electron chi connectivity index (χ2n) is 5.40. The molecular weight excluding hydrogens is 385 g/mol. The van der Waals surface area contributed by atoms with Crippen molar-refractivity contribution in [3.8, 4) is 0 Å². The molecule has 9 heteroatoms. The minimum absolute atomic E-state index is 0.0637. The number of quaternary nitrogens is 1. The predicted molar refractivity (Wildman–Crippen MR) is 96.6 cm³/mol. The van der Waals surface area contributed by atoms with Crippen molar-refractivity contribution in [2.75, 3.05) is 6.54 Å². The van der Waals surface area contributed by atoms with Gasteiger partial charge in [0.15, 0.2) is 6.54 Å². The molecule has 2 rings (SSSR count). The largest absolute Gasteiger partial charge is 0.347 e. The molecule has 134 valence electrons. The standard InChI is InChI=1S/C16H17Cl2N3O3S/c17-13-4-3-12(15(18)7-13)9-21-16(22)10-20-8-11-1-5-14(6-2-11)25(19,23)24/h1-7,20H,8-10H2,(H,21,22)(H2,19,23,24)/p+1. The lowest BCUT2D eigenvalue weighted by Gasteiger charge is -2.07. The summed E-state index contributed by atoms with van der Waals surface area (Å²) < 4.78 is 22.4. The van der Waals surface area contributed by atoms with Crippen LogP contribution in [0.1, 0.15) is 11.1 Å². The van der Waals surface area contributed by atoms with Gasteiger partial charge >= 0.3 is 0 Å². The van der Waals surface area contributed by atoms with Gasteiger partial charge in [-0.25, -0.2) is 13.6 Å². The van der Waals surface area contributed by atoms with Gasteiger partial charge in [0.1, 0.15) is 6.54 Å². The lowest BCUT2D eigenvalue weighted by Crippen LogP contribution is -2.85. The second-order valence-corrected chi connectivity index (χ2v) is 7.80. The molecule has 0 saturated heterocycles. The first-order chi connectivity index (χ1) is 11.8. The fourth-order valence-corrected chi connectivity index (χ4v) is 3.11. The SMILES string of the molecule is NS(=O)(=O)c1ccc(C[NH2+]CC(=O)NCc2ccc(Cl)cc2Cl)cc1. The first kappa shape index (κ1) is 19.7. The molecule has 0 aliphatic carbocycles. The smallest absolute Gasteiger partial charge is 0.275 e. The number of rotatable bonds is 7. The molecule has 0 atom stereocenters. The predicted octanol–water partition coefficient (Wildman–Crippen LogP) is 1.02. The maximum atomic E-state index is 11.9. The Morgan fingerprint density at radius 1 is 1.12 bits per heavy atom. The fourth-order valence-electron chi connectivity index (χ4n) is 2.12. The molecule has 1 amide bonds. The van der Waals surface area contributed by atoms with E-state index in [-0.39, 0.29) is 17.3 Å². The number of carbonyl (C=O) groups excluding carboxylic acids is 1. The Hall–Kier alpha value is -1.64. The van der Waals surface area contributed by atoms with Crippen molar-refractivity contribution >= 4 is 39.1 Å². The van der Waals surface area contributed by atoms with Crippen LogP contribution in [0, 0.1) is 0 Å². The molecule has 0 spiro atoms. The molecular formula is C16H18Cl2N3O3S+. The summed E-state index contributed by atoms with van der Waals surface area (Å²) in [5.41, 5.74) is 1.68. The summed E-state index contributed by atoms with van der Waals surface area (Å²) in [7, 11) is -3.69. The fraction of sp³-hybridized carbons (Fsp3) is 0.188. The topological polar surface area (TPSA) is 106 Å². The van der Waals surface area contributed by atoms with Crippen LogP contribution in [0.15, 0.2) is 47.4 Å². The lowest BCUT2D eigenvalue weighted by atomic mass is 10.2. The van der Waals surface area contributed by atoms with Crippen LogP contribution >= 0.6 is 23.2 Å². The molecule has 0 unspecified atom stereocenters. The number of hydrogen-bond donors (Lipinski definition) is 3. The molecule has 0 heterocycles. The van der Waals surface area contributed by atoms with E-state index in [0.29, 0.717) is 23.1 Å². The minimum Gasteiger partial charge on any atom is -0.347 e. The summed E-state index contributed by atoms with van der Waals surface area (Å²) >= 11 is 11.9. The van der Waals surface area contributed by atoms with Gasteiger partial charge < -0.3 is 10.6 Å². The molecule has 0 bridgehead atoms. The van der Waals surface area contributed by atoms with Crippen LogP contribution in [-0.4, -0.2) is 20.9 Å². The molecule has 0 aliphatic rings. The van der Waals surface area contributed by atoms with Crippen LogP contribution in [0.5, 0.6) is 0 Å². The summed E-state index contributed by atoms with van der Waals surface area (Å²) in [5.74, 6) is -0.132. The quantitative estimate of drug-likeness (QED) is 0.643. The van der Waals surface area contributed by atoms with Crippen LogP contribution in [0.3, 0.4) is 0 Å². The highest BCUT2D eigenvalue weighted by Crippen LogP contribution is 2.20.